The topological polar surface area (TPSA) is 23.3 Å². The van der Waals surface area contributed by atoms with Gasteiger partial charge in [0, 0.05) is 6.54 Å². The highest BCUT2D eigenvalue weighted by molar-refractivity contribution is 5.20. The molecule has 2 rings (SSSR count). The van der Waals surface area contributed by atoms with Crippen molar-refractivity contribution in [2.45, 2.75) is 6.04 Å². The van der Waals surface area contributed by atoms with Crippen molar-refractivity contribution in [3.8, 4) is 0 Å². The van der Waals surface area contributed by atoms with Crippen LogP contribution in [0.2, 0.25) is 0 Å². The molecule has 1 aliphatic heterocycles. The summed E-state index contributed by atoms with van der Waals surface area (Å²) in [5, 5.41) is 4.38. The third kappa shape index (κ3) is 2.05. The van der Waals surface area contributed by atoms with E-state index >= 15 is 0 Å². The zero-order chi connectivity index (χ0) is 9.10. The van der Waals surface area contributed by atoms with Crippen molar-refractivity contribution in [3.63, 3.8) is 0 Å². The lowest BCUT2D eigenvalue weighted by Crippen LogP contribution is -2.29. The summed E-state index contributed by atoms with van der Waals surface area (Å²) in [4.78, 5) is 0. The Hall–Kier alpha value is -0.930. The third-order valence-corrected chi connectivity index (χ3v) is 2.12. The summed E-state index contributed by atoms with van der Waals surface area (Å²) in [6, 6.07) is 6.53. The number of hydrogen-bond donors (Lipinski definition) is 0. The second kappa shape index (κ2) is 3.85. The van der Waals surface area contributed by atoms with Crippen LogP contribution in [0.5, 0.6) is 0 Å². The Balaban J connectivity index is 2.10. The zero-order valence-corrected chi connectivity index (χ0v) is 7.24. The SMILES string of the molecule is Fc1ccc(C2COCC[N]2)cc1. The maximum absolute atomic E-state index is 12.6. The predicted molar refractivity (Wildman–Crippen MR) is 47.0 cm³/mol. The quantitative estimate of drug-likeness (QED) is 0.642. The molecule has 1 fully saturated rings. The Morgan fingerprint density at radius 3 is 2.69 bits per heavy atom. The number of hydrogen-bond acceptors (Lipinski definition) is 1. The summed E-state index contributed by atoms with van der Waals surface area (Å²) in [6.07, 6.45) is 0. The maximum Gasteiger partial charge on any atom is 0.123 e. The number of halogens is 1. The largest absolute Gasteiger partial charge is 0.378 e. The maximum atomic E-state index is 12.6. The molecule has 1 saturated heterocycles. The molecule has 1 aliphatic rings. The van der Waals surface area contributed by atoms with Gasteiger partial charge in [0.1, 0.15) is 5.82 Å². The lowest BCUT2D eigenvalue weighted by Gasteiger charge is -2.22. The van der Waals surface area contributed by atoms with Gasteiger partial charge in [-0.15, -0.1) is 0 Å². The first-order valence-electron chi connectivity index (χ1n) is 4.36. The van der Waals surface area contributed by atoms with Crippen LogP contribution in [0, 0.1) is 5.82 Å². The minimum absolute atomic E-state index is 0.0920. The van der Waals surface area contributed by atoms with Gasteiger partial charge in [-0.25, -0.2) is 9.71 Å². The Bertz CT molecular complexity index is 267. The number of ether oxygens (including phenoxy) is 1. The smallest absolute Gasteiger partial charge is 0.123 e. The van der Waals surface area contributed by atoms with Gasteiger partial charge >= 0.3 is 0 Å². The Morgan fingerprint density at radius 2 is 2.08 bits per heavy atom. The summed E-state index contributed by atoms with van der Waals surface area (Å²) in [6.45, 7) is 2.06. The lowest BCUT2D eigenvalue weighted by molar-refractivity contribution is 0.0745. The summed E-state index contributed by atoms with van der Waals surface area (Å²) in [7, 11) is 0. The summed E-state index contributed by atoms with van der Waals surface area (Å²) in [5.41, 5.74) is 1.03. The van der Waals surface area contributed by atoms with Gasteiger partial charge in [-0.3, -0.25) is 0 Å². The van der Waals surface area contributed by atoms with E-state index in [-0.39, 0.29) is 11.9 Å². The van der Waals surface area contributed by atoms with Crippen molar-refractivity contribution in [1.29, 1.82) is 0 Å². The van der Waals surface area contributed by atoms with E-state index in [0.717, 1.165) is 12.1 Å². The second-order valence-electron chi connectivity index (χ2n) is 3.05. The lowest BCUT2D eigenvalue weighted by atomic mass is 10.1. The summed E-state index contributed by atoms with van der Waals surface area (Å²) >= 11 is 0. The minimum atomic E-state index is -0.208. The Morgan fingerprint density at radius 1 is 1.31 bits per heavy atom. The van der Waals surface area contributed by atoms with Crippen LogP contribution in [0.15, 0.2) is 24.3 Å². The predicted octanol–water partition coefficient (Wildman–Crippen LogP) is 1.50. The van der Waals surface area contributed by atoms with Gasteiger partial charge in [-0.05, 0) is 17.7 Å². The normalized spacial score (nSPS) is 23.0. The number of morpholine rings is 1. The Kier molecular flexibility index (Phi) is 2.57. The number of rotatable bonds is 1. The van der Waals surface area contributed by atoms with Gasteiger partial charge in [0.2, 0.25) is 0 Å². The molecule has 1 unspecified atom stereocenters. The zero-order valence-electron chi connectivity index (χ0n) is 7.24. The van der Waals surface area contributed by atoms with E-state index in [1.165, 1.54) is 12.1 Å². The van der Waals surface area contributed by atoms with E-state index in [0.29, 0.717) is 13.2 Å². The van der Waals surface area contributed by atoms with Gasteiger partial charge < -0.3 is 4.74 Å². The monoisotopic (exact) mass is 180 g/mol. The molecule has 1 atom stereocenters. The van der Waals surface area contributed by atoms with Crippen LogP contribution in [-0.4, -0.2) is 19.8 Å². The molecule has 1 radical (unpaired) electrons. The van der Waals surface area contributed by atoms with Crippen molar-refractivity contribution < 1.29 is 9.13 Å². The second-order valence-corrected chi connectivity index (χ2v) is 3.05. The fourth-order valence-electron chi connectivity index (χ4n) is 1.41. The summed E-state index contributed by atoms with van der Waals surface area (Å²) < 4.78 is 17.9. The van der Waals surface area contributed by atoms with Crippen LogP contribution in [0.3, 0.4) is 0 Å². The first kappa shape index (κ1) is 8.66. The Labute approximate surface area is 76.7 Å². The first-order valence-corrected chi connectivity index (χ1v) is 4.36. The van der Waals surface area contributed by atoms with Gasteiger partial charge in [-0.1, -0.05) is 12.1 Å². The van der Waals surface area contributed by atoms with Gasteiger partial charge in [-0.2, -0.15) is 0 Å². The highest BCUT2D eigenvalue weighted by Crippen LogP contribution is 2.16. The average Bonchev–Trinajstić information content (AvgIpc) is 2.20. The fourth-order valence-corrected chi connectivity index (χ4v) is 1.41. The van der Waals surface area contributed by atoms with Crippen LogP contribution >= 0.6 is 0 Å². The first-order chi connectivity index (χ1) is 6.36. The molecule has 1 aromatic rings. The molecule has 3 heteroatoms. The highest BCUT2D eigenvalue weighted by atomic mass is 19.1. The van der Waals surface area contributed by atoms with Crippen LogP contribution in [0.1, 0.15) is 11.6 Å². The number of benzene rings is 1. The molecular formula is C10H11FNO. The molecular weight excluding hydrogens is 169 g/mol. The molecule has 1 aromatic carbocycles. The minimum Gasteiger partial charge on any atom is -0.378 e. The van der Waals surface area contributed by atoms with Crippen molar-refractivity contribution >= 4 is 0 Å². The molecule has 0 bridgehead atoms. The van der Waals surface area contributed by atoms with E-state index in [2.05, 4.69) is 5.32 Å². The fraction of sp³-hybridized carbons (Fsp3) is 0.400. The van der Waals surface area contributed by atoms with Gasteiger partial charge in [0.25, 0.3) is 0 Å². The standard InChI is InChI=1S/C10H11FNO/c11-9-3-1-8(2-4-9)10-7-13-6-5-12-10/h1-4,10H,5-7H2. The van der Waals surface area contributed by atoms with Crippen LogP contribution < -0.4 is 5.32 Å². The van der Waals surface area contributed by atoms with E-state index in [9.17, 15) is 4.39 Å². The van der Waals surface area contributed by atoms with Crippen molar-refractivity contribution in [3.05, 3.63) is 35.6 Å². The van der Waals surface area contributed by atoms with Crippen molar-refractivity contribution in [2.24, 2.45) is 0 Å². The average molecular weight is 180 g/mol. The summed E-state index contributed by atoms with van der Waals surface area (Å²) in [5.74, 6) is -0.208. The van der Waals surface area contributed by atoms with Crippen LogP contribution in [0.25, 0.3) is 0 Å². The molecule has 2 nitrogen and oxygen atoms in total. The van der Waals surface area contributed by atoms with Crippen LogP contribution in [-0.2, 0) is 4.74 Å². The molecule has 0 amide bonds. The van der Waals surface area contributed by atoms with Gasteiger partial charge in [0.05, 0.1) is 19.3 Å². The molecule has 1 heterocycles. The molecule has 0 aliphatic carbocycles. The third-order valence-electron chi connectivity index (χ3n) is 2.12. The van der Waals surface area contributed by atoms with Crippen molar-refractivity contribution in [1.82, 2.24) is 5.32 Å². The van der Waals surface area contributed by atoms with E-state index in [1.54, 1.807) is 12.1 Å². The molecule has 13 heavy (non-hydrogen) atoms. The highest BCUT2D eigenvalue weighted by Gasteiger charge is 2.15. The molecule has 0 N–H and O–H groups in total. The van der Waals surface area contributed by atoms with Crippen molar-refractivity contribution in [2.75, 3.05) is 19.8 Å². The van der Waals surface area contributed by atoms with Crippen LogP contribution in [0.4, 0.5) is 4.39 Å². The van der Waals surface area contributed by atoms with Gasteiger partial charge in [0.15, 0.2) is 0 Å². The number of nitrogens with zero attached hydrogens (tertiary/aromatic N) is 1. The van der Waals surface area contributed by atoms with E-state index in [4.69, 9.17) is 4.74 Å². The van der Waals surface area contributed by atoms with E-state index < -0.39 is 0 Å². The molecule has 0 aromatic heterocycles. The van der Waals surface area contributed by atoms with E-state index in [1.807, 2.05) is 0 Å². The molecule has 69 valence electrons. The molecule has 0 spiro atoms. The molecule has 0 saturated carbocycles.